The molecule has 0 aromatic heterocycles. The van der Waals surface area contributed by atoms with Gasteiger partial charge in [0.1, 0.15) is 5.82 Å². The van der Waals surface area contributed by atoms with Crippen molar-refractivity contribution in [2.75, 3.05) is 26.2 Å². The van der Waals surface area contributed by atoms with Gasteiger partial charge in [-0.2, -0.15) is 4.31 Å². The van der Waals surface area contributed by atoms with E-state index < -0.39 is 15.8 Å². The van der Waals surface area contributed by atoms with Gasteiger partial charge in [-0.05, 0) is 65.5 Å². The van der Waals surface area contributed by atoms with Gasteiger partial charge < -0.3 is 5.32 Å². The van der Waals surface area contributed by atoms with Crippen LogP contribution in [0.5, 0.6) is 0 Å². The van der Waals surface area contributed by atoms with Gasteiger partial charge in [0, 0.05) is 13.1 Å². The first-order chi connectivity index (χ1) is 9.39. The largest absolute Gasteiger partial charge is 0.316 e. The Balaban J connectivity index is 1.95. The third-order valence-corrected chi connectivity index (χ3v) is 6.77. The minimum atomic E-state index is -3.54. The topological polar surface area (TPSA) is 49.4 Å². The highest BCUT2D eigenvalue weighted by Gasteiger charge is 2.41. The summed E-state index contributed by atoms with van der Waals surface area (Å²) < 4.78 is 40.6. The number of hydrogen-bond acceptors (Lipinski definition) is 3. The summed E-state index contributed by atoms with van der Waals surface area (Å²) in [6.07, 6.45) is 0. The average molecular weight is 363 g/mol. The van der Waals surface area contributed by atoms with Crippen LogP contribution in [0.25, 0.3) is 0 Å². The van der Waals surface area contributed by atoms with Crippen molar-refractivity contribution in [1.82, 2.24) is 9.62 Å². The molecule has 2 atom stereocenters. The summed E-state index contributed by atoms with van der Waals surface area (Å²) in [7, 11) is -3.54. The molecule has 0 spiro atoms. The molecule has 2 heterocycles. The first-order valence-electron chi connectivity index (χ1n) is 6.56. The van der Waals surface area contributed by atoms with E-state index in [4.69, 9.17) is 0 Å². The Labute approximate surface area is 126 Å². The second-order valence-electron chi connectivity index (χ2n) is 5.53. The van der Waals surface area contributed by atoms with E-state index in [0.717, 1.165) is 13.1 Å². The van der Waals surface area contributed by atoms with Gasteiger partial charge in [-0.3, -0.25) is 0 Å². The first-order valence-corrected chi connectivity index (χ1v) is 8.79. The van der Waals surface area contributed by atoms with E-state index >= 15 is 0 Å². The molecule has 2 aliphatic rings. The highest BCUT2D eigenvalue weighted by molar-refractivity contribution is 9.10. The second-order valence-corrected chi connectivity index (χ2v) is 8.29. The van der Waals surface area contributed by atoms with Crippen molar-refractivity contribution in [3.05, 3.63) is 28.0 Å². The molecule has 20 heavy (non-hydrogen) atoms. The van der Waals surface area contributed by atoms with E-state index in [-0.39, 0.29) is 9.37 Å². The number of halogens is 2. The molecule has 0 unspecified atom stereocenters. The smallest absolute Gasteiger partial charge is 0.243 e. The van der Waals surface area contributed by atoms with Crippen LogP contribution in [0.15, 0.2) is 21.5 Å². The Morgan fingerprint density at radius 1 is 1.30 bits per heavy atom. The number of benzene rings is 1. The van der Waals surface area contributed by atoms with Crippen molar-refractivity contribution in [2.45, 2.75) is 11.8 Å². The Bertz CT molecular complexity index is 638. The molecule has 0 bridgehead atoms. The molecule has 0 saturated carbocycles. The van der Waals surface area contributed by atoms with Crippen LogP contribution in [0.1, 0.15) is 5.56 Å². The number of sulfonamides is 1. The van der Waals surface area contributed by atoms with Crippen LogP contribution in [0.2, 0.25) is 0 Å². The van der Waals surface area contributed by atoms with Crippen LogP contribution < -0.4 is 5.32 Å². The molecule has 7 heteroatoms. The van der Waals surface area contributed by atoms with E-state index in [1.54, 1.807) is 6.92 Å². The zero-order valence-corrected chi connectivity index (χ0v) is 13.5. The highest BCUT2D eigenvalue weighted by Crippen LogP contribution is 2.33. The SMILES string of the molecule is Cc1cc(F)c(Br)cc1S(=O)(=O)N1C[C@H]2CNC[C@H]2C1. The Morgan fingerprint density at radius 2 is 1.90 bits per heavy atom. The molecule has 2 saturated heterocycles. The normalized spacial score (nSPS) is 26.9. The maximum absolute atomic E-state index is 13.4. The summed E-state index contributed by atoms with van der Waals surface area (Å²) >= 11 is 3.06. The summed E-state index contributed by atoms with van der Waals surface area (Å²) in [5.74, 6) is 0.354. The average Bonchev–Trinajstić information content (AvgIpc) is 2.94. The molecule has 0 amide bonds. The van der Waals surface area contributed by atoms with Gasteiger partial charge in [-0.15, -0.1) is 0 Å². The van der Waals surface area contributed by atoms with Crippen LogP contribution in [0, 0.1) is 24.6 Å². The van der Waals surface area contributed by atoms with Crippen molar-refractivity contribution < 1.29 is 12.8 Å². The number of nitrogens with one attached hydrogen (secondary N) is 1. The van der Waals surface area contributed by atoms with Crippen molar-refractivity contribution in [3.8, 4) is 0 Å². The van der Waals surface area contributed by atoms with Gasteiger partial charge >= 0.3 is 0 Å². The summed E-state index contributed by atoms with van der Waals surface area (Å²) in [6.45, 7) is 4.48. The number of rotatable bonds is 2. The van der Waals surface area contributed by atoms with Crippen LogP contribution >= 0.6 is 15.9 Å². The molecule has 2 fully saturated rings. The molecule has 0 aliphatic carbocycles. The molecule has 1 aromatic rings. The molecule has 4 nitrogen and oxygen atoms in total. The lowest BCUT2D eigenvalue weighted by Crippen LogP contribution is -2.32. The summed E-state index contributed by atoms with van der Waals surface area (Å²) in [5, 5.41) is 3.29. The third-order valence-electron chi connectivity index (χ3n) is 4.19. The molecular weight excluding hydrogens is 347 g/mol. The first kappa shape index (κ1) is 14.4. The number of nitrogens with zero attached hydrogens (tertiary/aromatic N) is 1. The van der Waals surface area contributed by atoms with Crippen LogP contribution in [-0.2, 0) is 10.0 Å². The van der Waals surface area contributed by atoms with Gasteiger partial charge in [0.15, 0.2) is 0 Å². The summed E-state index contributed by atoms with van der Waals surface area (Å²) in [5.41, 5.74) is 0.445. The fourth-order valence-electron chi connectivity index (χ4n) is 3.05. The maximum atomic E-state index is 13.4. The van der Waals surface area contributed by atoms with E-state index in [2.05, 4.69) is 21.2 Å². The van der Waals surface area contributed by atoms with Gasteiger partial charge in [0.25, 0.3) is 0 Å². The Morgan fingerprint density at radius 3 is 2.50 bits per heavy atom. The monoisotopic (exact) mass is 362 g/mol. The number of aryl methyl sites for hydroxylation is 1. The van der Waals surface area contributed by atoms with Crippen LogP contribution in [0.3, 0.4) is 0 Å². The molecule has 1 N–H and O–H groups in total. The van der Waals surface area contributed by atoms with Crippen molar-refractivity contribution in [3.63, 3.8) is 0 Å². The van der Waals surface area contributed by atoms with Crippen molar-refractivity contribution in [2.24, 2.45) is 11.8 Å². The predicted octanol–water partition coefficient (Wildman–Crippen LogP) is 1.74. The minimum Gasteiger partial charge on any atom is -0.316 e. The van der Waals surface area contributed by atoms with Gasteiger partial charge in [0.05, 0.1) is 9.37 Å². The summed E-state index contributed by atoms with van der Waals surface area (Å²) in [6, 6.07) is 2.63. The van der Waals surface area contributed by atoms with Crippen molar-refractivity contribution >= 4 is 26.0 Å². The standard InChI is InChI=1S/C13H16BrFN2O2S/c1-8-2-12(15)11(14)3-13(8)20(18,19)17-6-9-4-16-5-10(9)7-17/h2-3,9-10,16H,4-7H2,1H3/t9-,10+. The lowest BCUT2D eigenvalue weighted by molar-refractivity contribution is 0.447. The predicted molar refractivity (Wildman–Crippen MR) is 77.4 cm³/mol. The minimum absolute atomic E-state index is 0.183. The number of fused-ring (bicyclic) bond motifs is 1. The zero-order valence-electron chi connectivity index (χ0n) is 11.1. The third kappa shape index (κ3) is 2.30. The quantitative estimate of drug-likeness (QED) is 0.871. The molecule has 1 aromatic carbocycles. The Kier molecular flexibility index (Phi) is 3.64. The molecular formula is C13H16BrFN2O2S. The molecule has 110 valence electrons. The van der Waals surface area contributed by atoms with E-state index in [1.807, 2.05) is 0 Å². The lowest BCUT2D eigenvalue weighted by Gasteiger charge is -2.19. The van der Waals surface area contributed by atoms with E-state index in [1.165, 1.54) is 16.4 Å². The maximum Gasteiger partial charge on any atom is 0.243 e. The molecule has 3 rings (SSSR count). The molecule has 2 aliphatic heterocycles. The van der Waals surface area contributed by atoms with E-state index in [0.29, 0.717) is 30.5 Å². The second kappa shape index (κ2) is 5.05. The van der Waals surface area contributed by atoms with E-state index in [9.17, 15) is 12.8 Å². The Hall–Kier alpha value is -0.500. The fraction of sp³-hybridized carbons (Fsp3) is 0.538. The van der Waals surface area contributed by atoms with Crippen LogP contribution in [0.4, 0.5) is 4.39 Å². The highest BCUT2D eigenvalue weighted by atomic mass is 79.9. The molecule has 0 radical (unpaired) electrons. The van der Waals surface area contributed by atoms with Gasteiger partial charge in [-0.1, -0.05) is 0 Å². The fourth-order valence-corrected chi connectivity index (χ4v) is 5.33. The van der Waals surface area contributed by atoms with Gasteiger partial charge in [0.2, 0.25) is 10.0 Å². The van der Waals surface area contributed by atoms with Gasteiger partial charge in [-0.25, -0.2) is 12.8 Å². The van der Waals surface area contributed by atoms with Crippen molar-refractivity contribution in [1.29, 1.82) is 0 Å². The zero-order chi connectivity index (χ0) is 14.5. The lowest BCUT2D eigenvalue weighted by atomic mass is 10.0. The van der Waals surface area contributed by atoms with Crippen LogP contribution in [-0.4, -0.2) is 38.9 Å². The number of hydrogen-bond donors (Lipinski definition) is 1. The summed E-state index contributed by atoms with van der Waals surface area (Å²) in [4.78, 5) is 0.193.